The van der Waals surface area contributed by atoms with Gasteiger partial charge in [0, 0.05) is 104 Å². The Labute approximate surface area is 628 Å². The van der Waals surface area contributed by atoms with Crippen molar-refractivity contribution in [3.05, 3.63) is 297 Å². The molecule has 16 aromatic carbocycles. The maximum atomic E-state index is 3.02. The minimum Gasteiger partial charge on any atom is -0.384 e. The molecule has 0 aliphatic carbocycles. The maximum absolute atomic E-state index is 3.02. The smallest absolute Gasteiger partial charge is 0.252 e. The van der Waals surface area contributed by atoms with Crippen molar-refractivity contribution in [1.29, 1.82) is 0 Å². The lowest BCUT2D eigenvalue weighted by Crippen LogP contribution is -2.72. The van der Waals surface area contributed by atoms with E-state index in [1.807, 2.05) is 0 Å². The number of anilines is 11. The molecule has 12 heterocycles. The number of rotatable bonds is 6. The Kier molecular flexibility index (Phi) is 10.6. The number of hydrogen-bond acceptors (Lipinski definition) is 5. The highest BCUT2D eigenvalue weighted by atomic mass is 15.2. The van der Waals surface area contributed by atoms with Crippen LogP contribution in [0.5, 0.6) is 0 Å². The first kappa shape index (κ1) is 57.0. The highest BCUT2D eigenvalue weighted by Gasteiger charge is 2.60. The molecule has 0 saturated carbocycles. The van der Waals surface area contributed by atoms with Gasteiger partial charge in [0.25, 0.3) is 13.4 Å². The second kappa shape index (κ2) is 20.0. The van der Waals surface area contributed by atoms with Crippen LogP contribution in [0.3, 0.4) is 0 Å². The first-order valence-corrected chi connectivity index (χ1v) is 39.4. The van der Waals surface area contributed by atoms with E-state index in [9.17, 15) is 0 Å². The van der Waals surface area contributed by atoms with Crippen LogP contribution in [-0.2, 0) is 0 Å². The predicted molar refractivity (Wildman–Crippen MR) is 463 cm³/mol. The molecule has 1 atom stereocenters. The largest absolute Gasteiger partial charge is 0.384 e. The monoisotopic (exact) mass is 1360 g/mol. The van der Waals surface area contributed by atoms with Gasteiger partial charge in [0.1, 0.15) is 0 Å². The maximum Gasteiger partial charge on any atom is 0.252 e. The first-order valence-electron chi connectivity index (χ1n) is 39.4. The normalized spacial score (nSPS) is 16.6. The molecule has 5 nitrogen and oxygen atoms in total. The summed E-state index contributed by atoms with van der Waals surface area (Å²) in [5.41, 5.74) is 50.3. The third kappa shape index (κ3) is 6.89. The third-order valence-corrected chi connectivity index (χ3v) is 28.3. The van der Waals surface area contributed by atoms with E-state index >= 15 is 0 Å². The topological polar surface area (TPSA) is 16.2 Å². The Morgan fingerprint density at radius 1 is 0.231 bits per heavy atom. The minimum atomic E-state index is -0.0224. The number of benzene rings is 16. The Balaban J connectivity index is 0.805. The Bertz CT molecular complexity index is 6490. The lowest BCUT2D eigenvalue weighted by molar-refractivity contribution is 0.847. The Morgan fingerprint density at radius 2 is 0.556 bits per heavy atom. The van der Waals surface area contributed by atoms with Gasteiger partial charge in [-0.05, 0) is 180 Å². The van der Waals surface area contributed by atoms with Gasteiger partial charge in [-0.25, -0.2) is 0 Å². The van der Waals surface area contributed by atoms with Gasteiger partial charge in [-0.2, -0.15) is 0 Å². The van der Waals surface area contributed by atoms with Crippen LogP contribution in [-0.4, -0.2) is 66.1 Å². The highest BCUT2D eigenvalue weighted by Crippen LogP contribution is 2.60. The van der Waals surface area contributed by atoms with E-state index in [4.69, 9.17) is 0 Å². The summed E-state index contributed by atoms with van der Waals surface area (Å²) in [5, 5.41) is 9.51. The van der Waals surface area contributed by atoms with Crippen molar-refractivity contribution in [2.24, 2.45) is 0 Å². The molecule has 0 radical (unpaired) electrons. The molecule has 108 heavy (non-hydrogen) atoms. The van der Waals surface area contributed by atoms with Crippen molar-refractivity contribution in [3.8, 4) is 66.8 Å². The molecule has 16 aromatic rings. The predicted octanol–water partition coefficient (Wildman–Crippen LogP) is 14.0. The van der Waals surface area contributed by atoms with Crippen molar-refractivity contribution in [2.45, 2.75) is 18.6 Å². The van der Waals surface area contributed by atoms with Gasteiger partial charge in [-0.15, -0.1) is 0 Å². The fraction of sp³-hybridized carbons (Fsp3) is 0.0722. The molecule has 492 valence electrons. The first-order chi connectivity index (χ1) is 53.6. The van der Waals surface area contributed by atoms with E-state index in [2.05, 4.69) is 316 Å². The van der Waals surface area contributed by atoms with Crippen LogP contribution in [0.15, 0.2) is 291 Å². The quantitative estimate of drug-likeness (QED) is 0.121. The van der Waals surface area contributed by atoms with E-state index in [1.165, 1.54) is 173 Å². The van der Waals surface area contributed by atoms with E-state index in [-0.39, 0.29) is 40.3 Å². The van der Waals surface area contributed by atoms with Crippen LogP contribution >= 0.6 is 0 Å². The van der Waals surface area contributed by atoms with E-state index < -0.39 is 0 Å². The molecular formula is C97H61B6N5. The van der Waals surface area contributed by atoms with Crippen molar-refractivity contribution >= 4 is 201 Å². The molecule has 0 amide bonds. The SMILES string of the molecule is c1ccc(-c2ccc3c(c2)B2c4cc(-c5ccccc5)ccc4N4c5ccc(-c6ccccc6)cc5B5CC6CB7CN8c9ccc(-c%10ccccc%10)cc9B9c%10cc(-c%11ccccc%11)ccc%10N%10c%11ccc(-c%12ccccc%12)cc%11B%11CN%12CB%13CN3c3c2c4c5c2c6c4c7c5c8c9c%10c%11c5c%12c4c%13c32)cc1. The molecule has 0 spiro atoms. The third-order valence-electron chi connectivity index (χ3n) is 28.3. The summed E-state index contributed by atoms with van der Waals surface area (Å²) in [5.74, 6) is 0.325. The molecule has 0 saturated heterocycles. The van der Waals surface area contributed by atoms with E-state index in [1.54, 1.807) is 59.7 Å². The molecule has 11 heteroatoms. The molecule has 0 N–H and O–H groups in total. The summed E-state index contributed by atoms with van der Waals surface area (Å²) in [7, 11) is 0. The zero-order chi connectivity index (χ0) is 69.4. The van der Waals surface area contributed by atoms with Gasteiger partial charge >= 0.3 is 0 Å². The second-order valence-electron chi connectivity index (χ2n) is 33.1. The van der Waals surface area contributed by atoms with Gasteiger partial charge < -0.3 is 24.5 Å². The number of fused-ring (bicyclic) bond motifs is 18. The zero-order valence-electron chi connectivity index (χ0n) is 59.2. The molecule has 12 aliphatic rings. The molecule has 12 aliphatic heterocycles. The average molecular weight is 1360 g/mol. The average Bonchev–Trinajstić information content (AvgIpc) is 0.635. The highest BCUT2D eigenvalue weighted by molar-refractivity contribution is 7.05. The second-order valence-corrected chi connectivity index (χ2v) is 33.1. The summed E-state index contributed by atoms with van der Waals surface area (Å²) in [4.78, 5) is 14.5. The summed E-state index contributed by atoms with van der Waals surface area (Å²) in [6, 6.07) is 113. The summed E-state index contributed by atoms with van der Waals surface area (Å²) in [6.45, 7) is 0.772. The molecule has 0 bridgehead atoms. The Hall–Kier alpha value is -12.3. The lowest BCUT2D eigenvalue weighted by atomic mass is 9.23. The summed E-state index contributed by atoms with van der Waals surface area (Å²) in [6.07, 6.45) is 5.89. The van der Waals surface area contributed by atoms with Crippen LogP contribution in [0.4, 0.5) is 62.6 Å². The molecule has 28 rings (SSSR count). The molecule has 0 fully saturated rings. The lowest BCUT2D eigenvalue weighted by Gasteiger charge is -2.57. The van der Waals surface area contributed by atoms with E-state index in [0.717, 1.165) is 38.4 Å². The van der Waals surface area contributed by atoms with Crippen molar-refractivity contribution in [2.75, 3.05) is 50.3 Å². The van der Waals surface area contributed by atoms with Gasteiger partial charge in [0.15, 0.2) is 0 Å². The van der Waals surface area contributed by atoms with Gasteiger partial charge in [0.05, 0.1) is 5.69 Å². The Morgan fingerprint density at radius 3 is 0.991 bits per heavy atom. The van der Waals surface area contributed by atoms with Crippen molar-refractivity contribution in [3.63, 3.8) is 0 Å². The van der Waals surface area contributed by atoms with Crippen molar-refractivity contribution in [1.82, 2.24) is 0 Å². The van der Waals surface area contributed by atoms with Crippen LogP contribution in [0.2, 0.25) is 12.6 Å². The zero-order valence-corrected chi connectivity index (χ0v) is 59.2. The van der Waals surface area contributed by atoms with Gasteiger partial charge in [-0.1, -0.05) is 278 Å². The van der Waals surface area contributed by atoms with E-state index in [0.29, 0.717) is 5.92 Å². The molecule has 0 aromatic heterocycles. The fourth-order valence-electron chi connectivity index (χ4n) is 24.4. The summed E-state index contributed by atoms with van der Waals surface area (Å²) >= 11 is 0. The fourth-order valence-corrected chi connectivity index (χ4v) is 24.4. The molecular weight excluding hydrogens is 1300 g/mol. The van der Waals surface area contributed by atoms with Crippen LogP contribution in [0.1, 0.15) is 11.5 Å². The molecule has 1 unspecified atom stereocenters. The standard InChI is InChI=1S/C97H61B6N5/c1-7-19-55(20-8-1)61-33-39-76-68(43-61)100-50-67-49-98-52-105-74-37-31-63(57-23-11-3-12-24-57)45-70(74)103-73-48-66(60-29-17-6-18-30-60)36-42-79(73)108-77-40-34-62(56-21-9-2-10-22-56)44-69(77)101-54-104-51-99-53-106-75-38-32-64(58-25-13-4-14-26-58)46-71(75)102-72-47-65(59-27-15-5-16-28-59)35-41-78(72)107(76)96-89(100)82-80(67)81-83(88(99)84(82)94(106)91(96)102)93(104)86-85(87(81)98)95(105)92(103)97(108)90(86)101/h1-48,67H,49-54H2. The minimum absolute atomic E-state index is 0.0192. The summed E-state index contributed by atoms with van der Waals surface area (Å²) < 4.78 is 0. The number of nitrogens with zero attached hydrogens (tertiary/aromatic N) is 5. The number of hydrogen-bond donors (Lipinski definition) is 0. The van der Waals surface area contributed by atoms with Crippen molar-refractivity contribution < 1.29 is 0 Å². The van der Waals surface area contributed by atoms with Crippen LogP contribution < -0.4 is 90.1 Å². The van der Waals surface area contributed by atoms with Crippen LogP contribution in [0, 0.1) is 0 Å². The van der Waals surface area contributed by atoms with Crippen LogP contribution in [0.25, 0.3) is 99.1 Å². The van der Waals surface area contributed by atoms with Gasteiger partial charge in [-0.3, -0.25) is 0 Å². The van der Waals surface area contributed by atoms with Gasteiger partial charge in [0.2, 0.25) is 26.9 Å².